The maximum Gasteiger partial charge on any atom is 0.237 e. The lowest BCUT2D eigenvalue weighted by Gasteiger charge is -2.13. The maximum absolute atomic E-state index is 12.6. The van der Waals surface area contributed by atoms with Crippen LogP contribution in [-0.4, -0.2) is 23.9 Å². The monoisotopic (exact) mass is 514 g/mol. The first kappa shape index (κ1) is 24.2. The number of sulfonamides is 2. The average Bonchev–Trinajstić information content (AvgIpc) is 2.71. The van der Waals surface area contributed by atoms with E-state index < -0.39 is 25.8 Å². The fraction of sp³-hybridized carbons (Fsp3) is 0.143. The molecule has 0 bridgehead atoms. The van der Waals surface area contributed by atoms with Gasteiger partial charge in [0.15, 0.2) is 0 Å². The Hall–Kier alpha value is -2.46. The van der Waals surface area contributed by atoms with Gasteiger partial charge in [-0.1, -0.05) is 29.3 Å². The van der Waals surface area contributed by atoms with Gasteiger partial charge in [0.25, 0.3) is 0 Å². The minimum atomic E-state index is -3.80. The fourth-order valence-corrected chi connectivity index (χ4v) is 5.57. The first-order valence-corrected chi connectivity index (χ1v) is 13.3. The maximum atomic E-state index is 12.6. The molecule has 0 aliphatic heterocycles. The average molecular weight is 515 g/mol. The minimum Gasteiger partial charge on any atom is -0.496 e. The van der Waals surface area contributed by atoms with Gasteiger partial charge in [0, 0.05) is 27.0 Å². The molecule has 0 saturated heterocycles. The van der Waals surface area contributed by atoms with Gasteiger partial charge in [0.2, 0.25) is 20.0 Å². The third kappa shape index (κ3) is 7.03. The number of ether oxygens (including phenoxy) is 1. The van der Waals surface area contributed by atoms with Crippen LogP contribution in [-0.2, 0) is 31.6 Å². The Morgan fingerprint density at radius 3 is 1.66 bits per heavy atom. The van der Waals surface area contributed by atoms with E-state index in [4.69, 9.17) is 27.9 Å². The standard InChI is InChI=1S/C21H20Cl2N2O5S2/c1-30-21-11-2-15(13-31(26,27)24-19-7-3-17(22)4-8-19)12-16(21)14-32(28,29)25-20-9-5-18(23)6-10-20/h2-12,24-25H,13-14H2,1H3. The molecule has 0 spiro atoms. The van der Waals surface area contributed by atoms with Crippen LogP contribution in [0.3, 0.4) is 0 Å². The predicted molar refractivity (Wildman–Crippen MR) is 128 cm³/mol. The first-order valence-electron chi connectivity index (χ1n) is 9.23. The van der Waals surface area contributed by atoms with Gasteiger partial charge >= 0.3 is 0 Å². The van der Waals surface area contributed by atoms with Crippen molar-refractivity contribution in [2.24, 2.45) is 0 Å². The Labute approximate surface area is 197 Å². The van der Waals surface area contributed by atoms with Gasteiger partial charge in [-0.3, -0.25) is 9.44 Å². The van der Waals surface area contributed by atoms with Crippen LogP contribution in [0.15, 0.2) is 66.7 Å². The van der Waals surface area contributed by atoms with Crippen molar-refractivity contribution in [2.75, 3.05) is 16.6 Å². The molecule has 0 aliphatic rings. The van der Waals surface area contributed by atoms with Crippen LogP contribution in [0.4, 0.5) is 11.4 Å². The third-order valence-electron chi connectivity index (χ3n) is 4.28. The lowest BCUT2D eigenvalue weighted by Crippen LogP contribution is -2.17. The van der Waals surface area contributed by atoms with Gasteiger partial charge in [0.05, 0.1) is 18.6 Å². The fourth-order valence-electron chi connectivity index (χ4n) is 2.93. The number of rotatable bonds is 9. The highest BCUT2D eigenvalue weighted by molar-refractivity contribution is 7.92. The molecule has 0 fully saturated rings. The van der Waals surface area contributed by atoms with Gasteiger partial charge in [-0.2, -0.15) is 0 Å². The van der Waals surface area contributed by atoms with Crippen LogP contribution >= 0.6 is 23.2 Å². The zero-order valence-corrected chi connectivity index (χ0v) is 20.0. The summed E-state index contributed by atoms with van der Waals surface area (Å²) in [6, 6.07) is 17.1. The molecule has 2 N–H and O–H groups in total. The van der Waals surface area contributed by atoms with Crippen molar-refractivity contribution in [1.29, 1.82) is 0 Å². The Morgan fingerprint density at radius 1 is 0.719 bits per heavy atom. The van der Waals surface area contributed by atoms with E-state index in [1.807, 2.05) is 0 Å². The van der Waals surface area contributed by atoms with E-state index in [1.54, 1.807) is 60.7 Å². The Kier molecular flexibility index (Phi) is 7.55. The smallest absolute Gasteiger partial charge is 0.237 e. The van der Waals surface area contributed by atoms with Crippen LogP contribution in [0.5, 0.6) is 5.75 Å². The highest BCUT2D eigenvalue weighted by atomic mass is 35.5. The highest BCUT2D eigenvalue weighted by Gasteiger charge is 2.18. The molecule has 0 aliphatic carbocycles. The van der Waals surface area contributed by atoms with Crippen molar-refractivity contribution in [3.05, 3.63) is 87.9 Å². The topological polar surface area (TPSA) is 102 Å². The third-order valence-corrected chi connectivity index (χ3v) is 7.28. The predicted octanol–water partition coefficient (Wildman–Crippen LogP) is 4.89. The summed E-state index contributed by atoms with van der Waals surface area (Å²) in [6.07, 6.45) is 0. The van der Waals surface area contributed by atoms with Crippen molar-refractivity contribution in [3.8, 4) is 5.75 Å². The summed E-state index contributed by atoms with van der Waals surface area (Å²) >= 11 is 11.6. The molecule has 0 radical (unpaired) electrons. The molecule has 0 heterocycles. The number of methoxy groups -OCH3 is 1. The number of anilines is 2. The molecular formula is C21H20Cl2N2O5S2. The molecule has 3 rings (SSSR count). The van der Waals surface area contributed by atoms with E-state index in [9.17, 15) is 16.8 Å². The number of nitrogens with one attached hydrogen (secondary N) is 2. The Balaban J connectivity index is 1.78. The molecule has 170 valence electrons. The van der Waals surface area contributed by atoms with E-state index in [-0.39, 0.29) is 5.75 Å². The normalized spacial score (nSPS) is 11.7. The minimum absolute atomic E-state index is 0.327. The summed E-state index contributed by atoms with van der Waals surface area (Å²) in [6.45, 7) is 0. The lowest BCUT2D eigenvalue weighted by atomic mass is 10.1. The molecule has 3 aromatic carbocycles. The second kappa shape index (κ2) is 9.99. The second-order valence-electron chi connectivity index (χ2n) is 6.88. The van der Waals surface area contributed by atoms with Gasteiger partial charge in [-0.25, -0.2) is 16.8 Å². The van der Waals surface area contributed by atoms with E-state index in [0.29, 0.717) is 38.3 Å². The number of hydrogen-bond acceptors (Lipinski definition) is 5. The van der Waals surface area contributed by atoms with E-state index >= 15 is 0 Å². The van der Waals surface area contributed by atoms with Crippen molar-refractivity contribution in [2.45, 2.75) is 11.5 Å². The molecule has 0 amide bonds. The number of benzene rings is 3. The Bertz CT molecular complexity index is 1300. The van der Waals surface area contributed by atoms with Crippen molar-refractivity contribution >= 4 is 54.6 Å². The molecule has 7 nitrogen and oxygen atoms in total. The van der Waals surface area contributed by atoms with Crippen LogP contribution in [0.25, 0.3) is 0 Å². The zero-order valence-electron chi connectivity index (χ0n) is 16.9. The summed E-state index contributed by atoms with van der Waals surface area (Å²) in [5.74, 6) is -0.424. The largest absolute Gasteiger partial charge is 0.496 e. The van der Waals surface area contributed by atoms with E-state index in [1.165, 1.54) is 13.2 Å². The van der Waals surface area contributed by atoms with E-state index in [0.717, 1.165) is 0 Å². The second-order valence-corrected chi connectivity index (χ2v) is 11.2. The van der Waals surface area contributed by atoms with Crippen molar-refractivity contribution in [3.63, 3.8) is 0 Å². The summed E-state index contributed by atoms with van der Waals surface area (Å²) in [7, 11) is -6.13. The molecule has 0 aromatic heterocycles. The van der Waals surface area contributed by atoms with Crippen LogP contribution in [0, 0.1) is 0 Å². The molecule has 11 heteroatoms. The summed E-state index contributed by atoms with van der Waals surface area (Å²) in [4.78, 5) is 0. The molecule has 32 heavy (non-hydrogen) atoms. The SMILES string of the molecule is COc1ccc(CS(=O)(=O)Nc2ccc(Cl)cc2)cc1CS(=O)(=O)Nc1ccc(Cl)cc1. The summed E-state index contributed by atoms with van der Waals surface area (Å²) in [5, 5.41) is 0.969. The quantitative estimate of drug-likeness (QED) is 0.423. The van der Waals surface area contributed by atoms with Gasteiger partial charge in [-0.15, -0.1) is 0 Å². The molecule has 3 aromatic rings. The highest BCUT2D eigenvalue weighted by Crippen LogP contribution is 2.25. The first-order chi connectivity index (χ1) is 15.0. The van der Waals surface area contributed by atoms with E-state index in [2.05, 4.69) is 9.44 Å². The van der Waals surface area contributed by atoms with Gasteiger partial charge in [0.1, 0.15) is 5.75 Å². The van der Waals surface area contributed by atoms with Crippen LogP contribution in [0.1, 0.15) is 11.1 Å². The molecule has 0 unspecified atom stereocenters. The molecule has 0 atom stereocenters. The van der Waals surface area contributed by atoms with Crippen molar-refractivity contribution < 1.29 is 21.6 Å². The van der Waals surface area contributed by atoms with Crippen LogP contribution < -0.4 is 14.2 Å². The molecular weight excluding hydrogens is 495 g/mol. The zero-order chi connectivity index (χ0) is 23.4. The molecule has 0 saturated carbocycles. The number of hydrogen-bond donors (Lipinski definition) is 2. The Morgan fingerprint density at radius 2 is 1.19 bits per heavy atom. The number of halogens is 2. The lowest BCUT2D eigenvalue weighted by molar-refractivity contribution is 0.411. The van der Waals surface area contributed by atoms with Crippen LogP contribution in [0.2, 0.25) is 10.0 Å². The van der Waals surface area contributed by atoms with Gasteiger partial charge in [-0.05, 0) is 66.2 Å². The summed E-state index contributed by atoms with van der Waals surface area (Å²) in [5.41, 5.74) is 1.47. The van der Waals surface area contributed by atoms with Crippen molar-refractivity contribution in [1.82, 2.24) is 0 Å². The van der Waals surface area contributed by atoms with Gasteiger partial charge < -0.3 is 4.74 Å². The summed E-state index contributed by atoms with van der Waals surface area (Å²) < 4.78 is 60.6.